The van der Waals surface area contributed by atoms with Gasteiger partial charge in [-0.25, -0.2) is 5.06 Å². The minimum absolute atomic E-state index is 0.431. The Bertz CT molecular complexity index is 317. The number of likely N-dealkylation sites (N-methyl/N-ethyl adjacent to an activating group) is 1. The molecule has 2 N–H and O–H groups in total. The van der Waals surface area contributed by atoms with E-state index in [4.69, 9.17) is 0 Å². The number of hydroxylamine groups is 2. The molecule has 0 aliphatic carbocycles. The van der Waals surface area contributed by atoms with E-state index in [1.807, 2.05) is 0 Å². The minimum atomic E-state index is -2.63. The molecule has 0 aromatic carbocycles. The van der Waals surface area contributed by atoms with Crippen LogP contribution in [0.25, 0.3) is 0 Å². The van der Waals surface area contributed by atoms with Crippen molar-refractivity contribution in [3.8, 4) is 0 Å². The molecule has 0 fully saturated rings. The van der Waals surface area contributed by atoms with E-state index >= 15 is 0 Å². The molecule has 6 nitrogen and oxygen atoms in total. The van der Waals surface area contributed by atoms with E-state index in [0.717, 1.165) is 0 Å². The zero-order valence-electron chi connectivity index (χ0n) is 11.3. The summed E-state index contributed by atoms with van der Waals surface area (Å²) in [6.45, 7) is 7.59. The second kappa shape index (κ2) is 5.96. The molecule has 0 rings (SSSR count). The van der Waals surface area contributed by atoms with Gasteiger partial charge in [-0.15, -0.1) is 0 Å². The van der Waals surface area contributed by atoms with E-state index in [9.17, 15) is 19.7 Å². The highest BCUT2D eigenvalue weighted by Crippen LogP contribution is 2.43. The third-order valence-electron chi connectivity index (χ3n) is 2.98. The summed E-state index contributed by atoms with van der Waals surface area (Å²) in [4.78, 5) is 12.6. The second-order valence-corrected chi connectivity index (χ2v) is 8.15. The molecule has 3 unspecified atom stereocenters. The normalized spacial score (nSPS) is 17.7. The van der Waals surface area contributed by atoms with Crippen LogP contribution in [0.1, 0.15) is 20.8 Å². The number of rotatable bonds is 5. The van der Waals surface area contributed by atoms with Crippen molar-refractivity contribution in [1.29, 1.82) is 0 Å². The zero-order valence-corrected chi connectivity index (χ0v) is 12.2. The van der Waals surface area contributed by atoms with Gasteiger partial charge in [0.05, 0.1) is 0 Å². The number of hydrogen-bond donors (Lipinski definition) is 2. The molecule has 0 aromatic heterocycles. The highest BCUT2D eigenvalue weighted by atomic mass is 31.2. The van der Waals surface area contributed by atoms with E-state index in [2.05, 4.69) is 0 Å². The van der Waals surface area contributed by atoms with Crippen LogP contribution < -0.4 is 0 Å². The summed E-state index contributed by atoms with van der Waals surface area (Å²) >= 11 is 0. The molecule has 0 heterocycles. The van der Waals surface area contributed by atoms with Crippen molar-refractivity contribution >= 4 is 13.0 Å². The molecule has 0 bridgehead atoms. The lowest BCUT2D eigenvalue weighted by molar-refractivity contribution is -0.189. The Morgan fingerprint density at radius 2 is 1.71 bits per heavy atom. The van der Waals surface area contributed by atoms with Gasteiger partial charge in [0, 0.05) is 13.0 Å². The Morgan fingerprint density at radius 1 is 1.29 bits per heavy atom. The van der Waals surface area contributed by atoms with Gasteiger partial charge < -0.3 is 9.67 Å². The largest absolute Gasteiger partial charge is 0.384 e. The van der Waals surface area contributed by atoms with Gasteiger partial charge in [-0.2, -0.15) is 0 Å². The first-order chi connectivity index (χ1) is 7.50. The van der Waals surface area contributed by atoms with Crippen LogP contribution in [-0.2, 0) is 9.36 Å². The number of amides is 1. The predicted octanol–water partition coefficient (Wildman–Crippen LogP) is 0.831. The van der Waals surface area contributed by atoms with Gasteiger partial charge in [0.2, 0.25) is 5.91 Å². The zero-order chi connectivity index (χ0) is 14.0. The Balaban J connectivity index is 4.76. The third kappa shape index (κ3) is 4.39. The fraction of sp³-hybridized carbons (Fsp3) is 0.900. The maximum absolute atomic E-state index is 11.8. The smallest absolute Gasteiger partial charge is 0.244 e. The molecule has 0 radical (unpaired) electrons. The highest BCUT2D eigenvalue weighted by Gasteiger charge is 2.32. The lowest BCUT2D eigenvalue weighted by atomic mass is 10.3. The van der Waals surface area contributed by atoms with Crippen LogP contribution in [0, 0.1) is 0 Å². The van der Waals surface area contributed by atoms with Crippen LogP contribution in [-0.4, -0.2) is 64.6 Å². The molecule has 3 atom stereocenters. The average Bonchev–Trinajstić information content (AvgIpc) is 2.22. The van der Waals surface area contributed by atoms with Gasteiger partial charge in [0.15, 0.2) is 0 Å². The van der Waals surface area contributed by atoms with Crippen molar-refractivity contribution in [2.24, 2.45) is 0 Å². The standard InChI is InChI=1S/C10H23N2O4P/c1-7(10(14)17(5,6)16)11(4)8(2)12(15)9(3)13/h7-8,10,14-15H,1-6H3. The molecule has 7 heteroatoms. The molecule has 17 heavy (non-hydrogen) atoms. The van der Waals surface area contributed by atoms with E-state index < -0.39 is 31.1 Å². The van der Waals surface area contributed by atoms with E-state index in [1.165, 1.54) is 20.3 Å². The van der Waals surface area contributed by atoms with Crippen LogP contribution in [0.5, 0.6) is 0 Å². The van der Waals surface area contributed by atoms with Crippen LogP contribution >= 0.6 is 7.14 Å². The Kier molecular flexibility index (Phi) is 5.81. The van der Waals surface area contributed by atoms with Gasteiger partial charge in [0.25, 0.3) is 0 Å². The van der Waals surface area contributed by atoms with Gasteiger partial charge in [-0.05, 0) is 34.2 Å². The first kappa shape index (κ1) is 16.6. The molecule has 0 aliphatic heterocycles. The summed E-state index contributed by atoms with van der Waals surface area (Å²) in [7, 11) is -0.978. The monoisotopic (exact) mass is 266 g/mol. The number of carbonyl (C=O) groups excluding carboxylic acids is 1. The fourth-order valence-corrected chi connectivity index (χ4v) is 2.76. The Hall–Kier alpha value is -0.420. The summed E-state index contributed by atoms with van der Waals surface area (Å²) in [5, 5.41) is 20.0. The molecule has 0 aliphatic rings. The molecule has 0 spiro atoms. The number of nitrogens with zero attached hydrogens (tertiary/aromatic N) is 2. The quantitative estimate of drug-likeness (QED) is 0.333. The maximum Gasteiger partial charge on any atom is 0.244 e. The number of aliphatic hydroxyl groups is 1. The Morgan fingerprint density at radius 3 is 2.00 bits per heavy atom. The molecule has 0 aromatic rings. The predicted molar refractivity (Wildman–Crippen MR) is 66.5 cm³/mol. The highest BCUT2D eigenvalue weighted by molar-refractivity contribution is 7.62. The van der Waals surface area contributed by atoms with E-state index in [-0.39, 0.29) is 0 Å². The topological polar surface area (TPSA) is 81.1 Å². The minimum Gasteiger partial charge on any atom is -0.384 e. The van der Waals surface area contributed by atoms with Crippen molar-refractivity contribution in [3.63, 3.8) is 0 Å². The number of carbonyl (C=O) groups is 1. The molecular formula is C10H23N2O4P. The van der Waals surface area contributed by atoms with Crippen molar-refractivity contribution < 1.29 is 19.7 Å². The molecule has 1 amide bonds. The molecule has 0 saturated carbocycles. The average molecular weight is 266 g/mol. The van der Waals surface area contributed by atoms with Crippen LogP contribution in [0.15, 0.2) is 0 Å². The van der Waals surface area contributed by atoms with E-state index in [0.29, 0.717) is 5.06 Å². The second-order valence-electron chi connectivity index (χ2n) is 4.75. The van der Waals surface area contributed by atoms with Crippen LogP contribution in [0.2, 0.25) is 0 Å². The van der Waals surface area contributed by atoms with Gasteiger partial charge in [-0.1, -0.05) is 0 Å². The lowest BCUT2D eigenvalue weighted by Crippen LogP contribution is -2.51. The summed E-state index contributed by atoms with van der Waals surface area (Å²) < 4.78 is 11.8. The van der Waals surface area contributed by atoms with Gasteiger partial charge in [-0.3, -0.25) is 14.9 Å². The molecular weight excluding hydrogens is 243 g/mol. The molecule has 102 valence electrons. The van der Waals surface area contributed by atoms with E-state index in [1.54, 1.807) is 25.8 Å². The summed E-state index contributed by atoms with van der Waals surface area (Å²) in [5.41, 5.74) is 0. The van der Waals surface area contributed by atoms with Crippen LogP contribution in [0.3, 0.4) is 0 Å². The van der Waals surface area contributed by atoms with Crippen molar-refractivity contribution in [3.05, 3.63) is 0 Å². The first-order valence-corrected chi connectivity index (χ1v) is 8.10. The molecule has 0 saturated heterocycles. The number of aliphatic hydroxyl groups excluding tert-OH is 1. The fourth-order valence-electron chi connectivity index (χ4n) is 1.51. The summed E-state index contributed by atoms with van der Waals surface area (Å²) in [5.74, 6) is -1.47. The SMILES string of the molecule is CC(=O)N(O)C(C)N(C)C(C)C(O)P(C)(C)=O. The number of hydrogen-bond acceptors (Lipinski definition) is 5. The van der Waals surface area contributed by atoms with Crippen molar-refractivity contribution in [1.82, 2.24) is 9.96 Å². The van der Waals surface area contributed by atoms with Crippen molar-refractivity contribution in [2.75, 3.05) is 20.4 Å². The lowest BCUT2D eigenvalue weighted by Gasteiger charge is -2.37. The summed E-state index contributed by atoms with van der Waals surface area (Å²) in [6.07, 6.45) is -0.594. The summed E-state index contributed by atoms with van der Waals surface area (Å²) in [6, 6.07) is -0.431. The first-order valence-electron chi connectivity index (χ1n) is 5.43. The third-order valence-corrected chi connectivity index (χ3v) is 4.68. The van der Waals surface area contributed by atoms with Gasteiger partial charge in [0.1, 0.15) is 19.2 Å². The maximum atomic E-state index is 11.8. The van der Waals surface area contributed by atoms with Crippen LogP contribution in [0.4, 0.5) is 0 Å². The Labute approximate surface area is 103 Å². The van der Waals surface area contributed by atoms with Gasteiger partial charge >= 0.3 is 0 Å². The van der Waals surface area contributed by atoms with Crippen molar-refractivity contribution in [2.45, 2.75) is 38.8 Å².